The molecule has 0 bridgehead atoms. The second kappa shape index (κ2) is 4.98. The van der Waals surface area contributed by atoms with Crippen LogP contribution in [-0.2, 0) is 14.0 Å². The molecule has 0 aromatic carbocycles. The summed E-state index contributed by atoms with van der Waals surface area (Å²) < 4.78 is 5.58. The fraction of sp³-hybridized carbons (Fsp3) is 0.692. The lowest BCUT2D eigenvalue weighted by Crippen LogP contribution is -2.60. The number of hydrogen-bond acceptors (Lipinski definition) is 4. The van der Waals surface area contributed by atoms with Crippen molar-refractivity contribution < 1.29 is 14.0 Å². The van der Waals surface area contributed by atoms with Gasteiger partial charge in [-0.05, 0) is 31.6 Å². The van der Waals surface area contributed by atoms with Gasteiger partial charge in [-0.2, -0.15) is 0 Å². The van der Waals surface area contributed by atoms with Crippen LogP contribution in [0.1, 0.15) is 20.3 Å². The zero-order valence-corrected chi connectivity index (χ0v) is 14.0. The average molecular weight is 299 g/mol. The minimum absolute atomic E-state index is 0.0121. The summed E-state index contributed by atoms with van der Waals surface area (Å²) in [5, 5.41) is 0.118. The first-order valence-electron chi connectivity index (χ1n) is 6.66. The van der Waals surface area contributed by atoms with E-state index in [2.05, 4.69) is 0 Å². The highest BCUT2D eigenvalue weighted by Crippen LogP contribution is 2.44. The Morgan fingerprint density at radius 3 is 2.63 bits per heavy atom. The number of nitrogens with zero attached hydrogens (tertiary/aromatic N) is 1. The van der Waals surface area contributed by atoms with Crippen LogP contribution in [0.3, 0.4) is 0 Å². The molecule has 0 aromatic rings. The van der Waals surface area contributed by atoms with Crippen LogP contribution in [0.2, 0.25) is 19.6 Å². The molecule has 1 amide bonds. The lowest BCUT2D eigenvalue weighted by molar-refractivity contribution is -0.150. The van der Waals surface area contributed by atoms with Crippen LogP contribution in [0, 0.1) is 5.92 Å². The summed E-state index contributed by atoms with van der Waals surface area (Å²) in [5.74, 6) is 0.580. The smallest absolute Gasteiger partial charge is 0.341 e. The lowest BCUT2D eigenvalue weighted by atomic mass is 9.97. The fourth-order valence-electron chi connectivity index (χ4n) is 2.33. The van der Waals surface area contributed by atoms with Crippen LogP contribution in [0.25, 0.3) is 0 Å². The molecule has 19 heavy (non-hydrogen) atoms. The average Bonchev–Trinajstić information content (AvgIpc) is 2.33. The second-order valence-corrected chi connectivity index (χ2v) is 11.5. The van der Waals surface area contributed by atoms with E-state index in [1.54, 1.807) is 16.7 Å². The first-order chi connectivity index (χ1) is 8.76. The van der Waals surface area contributed by atoms with E-state index in [9.17, 15) is 9.59 Å². The van der Waals surface area contributed by atoms with Gasteiger partial charge in [0.1, 0.15) is 5.70 Å². The van der Waals surface area contributed by atoms with E-state index in [1.807, 2.05) is 33.5 Å². The van der Waals surface area contributed by atoms with Crippen molar-refractivity contribution in [2.75, 3.05) is 5.75 Å². The molecule has 0 aliphatic carbocycles. The highest BCUT2D eigenvalue weighted by atomic mass is 32.2. The summed E-state index contributed by atoms with van der Waals surface area (Å²) in [6.07, 6.45) is 0.786. The Bertz CT molecular complexity index is 455. The van der Waals surface area contributed by atoms with Crippen LogP contribution in [0.5, 0.6) is 0 Å². The third kappa shape index (κ3) is 2.60. The molecule has 6 heteroatoms. The van der Waals surface area contributed by atoms with Crippen molar-refractivity contribution in [1.29, 1.82) is 0 Å². The first-order valence-corrected chi connectivity index (χ1v) is 11.1. The van der Waals surface area contributed by atoms with E-state index in [1.165, 1.54) is 0 Å². The van der Waals surface area contributed by atoms with E-state index < -0.39 is 8.32 Å². The van der Waals surface area contributed by atoms with Crippen LogP contribution in [-0.4, -0.2) is 36.2 Å². The summed E-state index contributed by atoms with van der Waals surface area (Å²) >= 11 is 1.75. The maximum atomic E-state index is 12.4. The zero-order valence-electron chi connectivity index (χ0n) is 12.1. The van der Waals surface area contributed by atoms with E-state index in [-0.39, 0.29) is 23.2 Å². The normalized spacial score (nSPS) is 27.0. The van der Waals surface area contributed by atoms with Gasteiger partial charge in [-0.1, -0.05) is 13.8 Å². The number of rotatable bonds is 3. The molecule has 2 rings (SSSR count). The molecule has 2 aliphatic rings. The molecule has 4 nitrogen and oxygen atoms in total. The molecule has 2 heterocycles. The van der Waals surface area contributed by atoms with Crippen LogP contribution >= 0.6 is 11.8 Å². The van der Waals surface area contributed by atoms with Crippen molar-refractivity contribution in [2.24, 2.45) is 5.92 Å². The van der Waals surface area contributed by atoms with Gasteiger partial charge in [0, 0.05) is 5.75 Å². The van der Waals surface area contributed by atoms with Crippen molar-refractivity contribution in [3.63, 3.8) is 0 Å². The number of carbonyl (C=O) groups is 2. The maximum Gasteiger partial charge on any atom is 0.341 e. The molecule has 2 aliphatic heterocycles. The lowest BCUT2D eigenvalue weighted by Gasteiger charge is -2.49. The topological polar surface area (TPSA) is 46.6 Å². The highest BCUT2D eigenvalue weighted by molar-refractivity contribution is 8.00. The van der Waals surface area contributed by atoms with E-state index in [0.717, 1.165) is 17.7 Å². The Labute approximate surface area is 119 Å². The van der Waals surface area contributed by atoms with Crippen molar-refractivity contribution in [3.8, 4) is 0 Å². The number of carbonyl (C=O) groups excluding carboxylic acids is 2. The summed E-state index contributed by atoms with van der Waals surface area (Å²) in [4.78, 5) is 26.0. The van der Waals surface area contributed by atoms with E-state index in [4.69, 9.17) is 4.43 Å². The van der Waals surface area contributed by atoms with Crippen molar-refractivity contribution in [1.82, 2.24) is 4.90 Å². The zero-order chi connectivity index (χ0) is 14.4. The molecular formula is C13H21NO3SSi. The molecule has 0 saturated carbocycles. The SMILES string of the molecule is CCC1=C(C(=O)O[Si](C)(C)C)N2C(=O)C(C)C2SC1. The predicted molar refractivity (Wildman–Crippen MR) is 79.0 cm³/mol. The monoisotopic (exact) mass is 299 g/mol. The van der Waals surface area contributed by atoms with Gasteiger partial charge in [0.05, 0.1) is 11.3 Å². The largest absolute Gasteiger partial charge is 0.515 e. The summed E-state index contributed by atoms with van der Waals surface area (Å²) in [5.41, 5.74) is 1.56. The molecule has 2 atom stereocenters. The summed E-state index contributed by atoms with van der Waals surface area (Å²) in [6, 6.07) is 0. The molecule has 0 N–H and O–H groups in total. The number of β-lactam (4-membered cyclic amide) rings is 1. The number of amides is 1. The standard InChI is InChI=1S/C13H21NO3SSi/c1-6-9-7-18-12-8(2)11(15)14(12)10(9)13(16)17-19(3,4)5/h8,12H,6-7H2,1-5H3. The first kappa shape index (κ1) is 14.7. The predicted octanol–water partition coefficient (Wildman–Crippen LogP) is 2.58. The molecule has 0 spiro atoms. The molecule has 106 valence electrons. The molecule has 2 unspecified atom stereocenters. The van der Waals surface area contributed by atoms with Gasteiger partial charge in [-0.25, -0.2) is 4.79 Å². The fourth-order valence-corrected chi connectivity index (χ4v) is 4.46. The van der Waals surface area contributed by atoms with Crippen molar-refractivity contribution in [2.45, 2.75) is 45.3 Å². The van der Waals surface area contributed by atoms with Gasteiger partial charge in [0.15, 0.2) is 0 Å². The molecule has 1 fully saturated rings. The van der Waals surface area contributed by atoms with Crippen molar-refractivity contribution >= 4 is 32.0 Å². The Morgan fingerprint density at radius 1 is 1.47 bits per heavy atom. The maximum absolute atomic E-state index is 12.4. The number of fused-ring (bicyclic) bond motifs is 1. The third-order valence-corrected chi connectivity index (χ3v) is 5.61. The van der Waals surface area contributed by atoms with E-state index in [0.29, 0.717) is 5.70 Å². The van der Waals surface area contributed by atoms with Gasteiger partial charge in [0.2, 0.25) is 14.2 Å². The van der Waals surface area contributed by atoms with Gasteiger partial charge in [-0.15, -0.1) is 11.8 Å². The molecule has 0 radical (unpaired) electrons. The number of hydrogen-bond donors (Lipinski definition) is 0. The van der Waals surface area contributed by atoms with Gasteiger partial charge >= 0.3 is 5.97 Å². The van der Waals surface area contributed by atoms with Gasteiger partial charge in [-0.3, -0.25) is 9.69 Å². The molecular weight excluding hydrogens is 278 g/mol. The van der Waals surface area contributed by atoms with E-state index >= 15 is 0 Å². The Morgan fingerprint density at radius 2 is 2.11 bits per heavy atom. The van der Waals surface area contributed by atoms with Crippen LogP contribution < -0.4 is 0 Å². The van der Waals surface area contributed by atoms with Crippen LogP contribution in [0.15, 0.2) is 11.3 Å². The summed E-state index contributed by atoms with van der Waals surface area (Å²) in [6.45, 7) is 9.88. The number of thioether (sulfide) groups is 1. The molecule has 0 aromatic heterocycles. The minimum atomic E-state index is -1.94. The molecule has 1 saturated heterocycles. The Kier molecular flexibility index (Phi) is 3.84. The second-order valence-electron chi connectivity index (χ2n) is 6.01. The highest BCUT2D eigenvalue weighted by Gasteiger charge is 2.51. The Balaban J connectivity index is 2.30. The van der Waals surface area contributed by atoms with Crippen molar-refractivity contribution in [3.05, 3.63) is 11.3 Å². The minimum Gasteiger partial charge on any atom is -0.515 e. The summed E-state index contributed by atoms with van der Waals surface area (Å²) in [7, 11) is -1.94. The van der Waals surface area contributed by atoms with Gasteiger partial charge in [0.25, 0.3) is 0 Å². The Hall–Kier alpha value is -0.753. The quantitative estimate of drug-likeness (QED) is 0.593. The third-order valence-electron chi connectivity index (χ3n) is 3.33. The van der Waals surface area contributed by atoms with Crippen LogP contribution in [0.4, 0.5) is 0 Å². The van der Waals surface area contributed by atoms with Gasteiger partial charge < -0.3 is 4.43 Å².